The van der Waals surface area contributed by atoms with Crippen molar-refractivity contribution in [1.29, 1.82) is 0 Å². The predicted octanol–water partition coefficient (Wildman–Crippen LogP) is 1.48. The van der Waals surface area contributed by atoms with E-state index in [-0.39, 0.29) is 11.4 Å². The summed E-state index contributed by atoms with van der Waals surface area (Å²) < 4.78 is 3.60. The summed E-state index contributed by atoms with van der Waals surface area (Å²) in [6.07, 6.45) is 2.91. The Hall–Kier alpha value is -2.10. The molecule has 4 heteroatoms. The van der Waals surface area contributed by atoms with Gasteiger partial charge in [-0.1, -0.05) is 18.2 Å². The van der Waals surface area contributed by atoms with Crippen LogP contribution in [-0.2, 0) is 13.0 Å². The average Bonchev–Trinajstić information content (AvgIpc) is 2.46. The molecule has 0 radical (unpaired) electrons. The molecule has 1 aliphatic rings. The predicted molar refractivity (Wildman–Crippen MR) is 71.6 cm³/mol. The molecule has 0 atom stereocenters. The Labute approximate surface area is 111 Å². The molecular weight excluding hydrogens is 240 g/mol. The van der Waals surface area contributed by atoms with Crippen LogP contribution in [0.15, 0.2) is 35.1 Å². The van der Waals surface area contributed by atoms with Gasteiger partial charge in [-0.25, -0.2) is 4.79 Å². The molecule has 0 amide bonds. The van der Waals surface area contributed by atoms with Crippen molar-refractivity contribution in [2.45, 2.75) is 32.7 Å². The van der Waals surface area contributed by atoms with E-state index in [1.54, 1.807) is 11.5 Å². The van der Waals surface area contributed by atoms with E-state index < -0.39 is 0 Å². The molecule has 4 nitrogen and oxygen atoms in total. The topological polar surface area (TPSA) is 46.1 Å². The molecule has 0 unspecified atom stereocenters. The van der Waals surface area contributed by atoms with Crippen LogP contribution in [0.5, 0.6) is 5.88 Å². The molecular formula is C15H17N2O2+. The summed E-state index contributed by atoms with van der Waals surface area (Å²) in [5.41, 5.74) is 1.15. The zero-order valence-corrected chi connectivity index (χ0v) is 11.0. The highest BCUT2D eigenvalue weighted by molar-refractivity contribution is 5.34. The lowest BCUT2D eigenvalue weighted by Gasteiger charge is -2.17. The fourth-order valence-electron chi connectivity index (χ4n) is 2.70. The first-order valence-electron chi connectivity index (χ1n) is 6.63. The molecule has 98 valence electrons. The third-order valence-electron chi connectivity index (χ3n) is 3.73. The van der Waals surface area contributed by atoms with Gasteiger partial charge in [0, 0.05) is 0 Å². The molecule has 3 rings (SSSR count). The van der Waals surface area contributed by atoms with Crippen molar-refractivity contribution in [3.05, 3.63) is 52.1 Å². The Kier molecular flexibility index (Phi) is 2.85. The van der Waals surface area contributed by atoms with Crippen molar-refractivity contribution < 1.29 is 9.67 Å². The zero-order chi connectivity index (χ0) is 13.4. The fraction of sp³-hybridized carbons (Fsp3) is 0.333. The Balaban J connectivity index is 2.36. The molecule has 0 saturated carbocycles. The molecule has 0 bridgehead atoms. The first kappa shape index (κ1) is 12.0. The van der Waals surface area contributed by atoms with Gasteiger partial charge < -0.3 is 5.11 Å². The summed E-state index contributed by atoms with van der Waals surface area (Å²) in [6, 6.07) is 9.62. The van der Waals surface area contributed by atoms with Crippen LogP contribution in [-0.4, -0.2) is 9.67 Å². The van der Waals surface area contributed by atoms with Gasteiger partial charge >= 0.3 is 5.56 Å². The maximum atomic E-state index is 12.5. The van der Waals surface area contributed by atoms with E-state index in [2.05, 4.69) is 0 Å². The molecule has 0 saturated heterocycles. The van der Waals surface area contributed by atoms with Crippen LogP contribution in [0, 0.1) is 6.92 Å². The lowest BCUT2D eigenvalue weighted by Crippen LogP contribution is -2.48. The fourth-order valence-corrected chi connectivity index (χ4v) is 2.70. The Morgan fingerprint density at radius 2 is 1.95 bits per heavy atom. The Bertz CT molecular complexity index is 675. The van der Waals surface area contributed by atoms with Gasteiger partial charge in [0.2, 0.25) is 0 Å². The molecule has 1 N–H and O–H groups in total. The minimum Gasteiger partial charge on any atom is -0.477 e. The second kappa shape index (κ2) is 4.53. The number of hydrogen-bond acceptors (Lipinski definition) is 2. The van der Waals surface area contributed by atoms with Gasteiger partial charge in [0.25, 0.3) is 11.7 Å². The second-order valence-corrected chi connectivity index (χ2v) is 4.95. The van der Waals surface area contributed by atoms with Crippen LogP contribution < -0.4 is 10.1 Å². The molecule has 2 aromatic rings. The van der Waals surface area contributed by atoms with Gasteiger partial charge in [0.15, 0.2) is 0 Å². The normalized spacial score (nSPS) is 14.2. The standard InChI is InChI=1S/C15H16N2O2/c1-11-14(18)16-10-6-5-9-13(16)17(15(11)19)12-7-3-2-4-8-12/h2-4,7-8H,5-6,9-10H2,1H3/p+1. The van der Waals surface area contributed by atoms with E-state index in [0.717, 1.165) is 37.3 Å². The van der Waals surface area contributed by atoms with Gasteiger partial charge in [-0.2, -0.15) is 9.13 Å². The first-order valence-corrected chi connectivity index (χ1v) is 6.63. The zero-order valence-electron chi connectivity index (χ0n) is 11.0. The van der Waals surface area contributed by atoms with Crippen LogP contribution in [0.25, 0.3) is 5.69 Å². The third-order valence-corrected chi connectivity index (χ3v) is 3.73. The van der Waals surface area contributed by atoms with Crippen molar-refractivity contribution >= 4 is 0 Å². The van der Waals surface area contributed by atoms with Crippen LogP contribution in [0.1, 0.15) is 24.2 Å². The number of benzene rings is 1. The van der Waals surface area contributed by atoms with E-state index in [1.807, 2.05) is 34.9 Å². The molecule has 0 fully saturated rings. The van der Waals surface area contributed by atoms with Crippen LogP contribution in [0.3, 0.4) is 0 Å². The smallest absolute Gasteiger partial charge is 0.349 e. The van der Waals surface area contributed by atoms with E-state index in [9.17, 15) is 9.90 Å². The van der Waals surface area contributed by atoms with E-state index in [1.165, 1.54) is 0 Å². The second-order valence-electron chi connectivity index (χ2n) is 4.95. The van der Waals surface area contributed by atoms with Gasteiger partial charge in [0.1, 0.15) is 11.3 Å². The highest BCUT2D eigenvalue weighted by Gasteiger charge is 2.29. The quantitative estimate of drug-likeness (QED) is 0.786. The van der Waals surface area contributed by atoms with E-state index in [0.29, 0.717) is 5.56 Å². The van der Waals surface area contributed by atoms with Crippen LogP contribution in [0.2, 0.25) is 0 Å². The Morgan fingerprint density at radius 3 is 2.68 bits per heavy atom. The summed E-state index contributed by atoms with van der Waals surface area (Å²) in [5, 5.41) is 10.1. The molecule has 0 spiro atoms. The van der Waals surface area contributed by atoms with E-state index in [4.69, 9.17) is 0 Å². The van der Waals surface area contributed by atoms with Crippen molar-refractivity contribution in [2.24, 2.45) is 0 Å². The Morgan fingerprint density at radius 1 is 1.21 bits per heavy atom. The largest absolute Gasteiger partial charge is 0.477 e. The van der Waals surface area contributed by atoms with Crippen molar-refractivity contribution in [1.82, 2.24) is 4.57 Å². The van der Waals surface area contributed by atoms with E-state index >= 15 is 0 Å². The summed E-state index contributed by atoms with van der Waals surface area (Å²) >= 11 is 0. The molecule has 1 aromatic carbocycles. The summed E-state index contributed by atoms with van der Waals surface area (Å²) in [6.45, 7) is 2.45. The number of hydrogen-bond donors (Lipinski definition) is 1. The monoisotopic (exact) mass is 257 g/mol. The number of fused-ring (bicyclic) bond motifs is 1. The van der Waals surface area contributed by atoms with Gasteiger partial charge in [-0.3, -0.25) is 0 Å². The van der Waals surface area contributed by atoms with Gasteiger partial charge in [-0.15, -0.1) is 0 Å². The first-order chi connectivity index (χ1) is 9.20. The highest BCUT2D eigenvalue weighted by atomic mass is 16.3. The number of rotatable bonds is 1. The average molecular weight is 257 g/mol. The molecule has 1 aliphatic heterocycles. The lowest BCUT2D eigenvalue weighted by atomic mass is 10.1. The van der Waals surface area contributed by atoms with Gasteiger partial charge in [0.05, 0.1) is 13.0 Å². The third kappa shape index (κ3) is 1.84. The summed E-state index contributed by atoms with van der Waals surface area (Å²) in [4.78, 5) is 12.5. The SMILES string of the molecule is Cc1c(O)[n+]2c(n(-c3ccccc3)c1=O)CCCC2. The van der Waals surface area contributed by atoms with Crippen molar-refractivity contribution in [2.75, 3.05) is 0 Å². The van der Waals surface area contributed by atoms with Crippen molar-refractivity contribution in [3.8, 4) is 11.6 Å². The van der Waals surface area contributed by atoms with Crippen LogP contribution in [0.4, 0.5) is 0 Å². The minimum absolute atomic E-state index is 0.117. The van der Waals surface area contributed by atoms with Crippen LogP contribution >= 0.6 is 0 Å². The number of para-hydroxylation sites is 1. The maximum absolute atomic E-state index is 12.5. The van der Waals surface area contributed by atoms with Crippen molar-refractivity contribution in [3.63, 3.8) is 0 Å². The number of aromatic nitrogens is 2. The minimum atomic E-state index is -0.128. The highest BCUT2D eigenvalue weighted by Crippen LogP contribution is 2.17. The number of nitrogens with zero attached hydrogens (tertiary/aromatic N) is 2. The lowest BCUT2D eigenvalue weighted by molar-refractivity contribution is -0.719. The molecule has 2 heterocycles. The molecule has 1 aromatic heterocycles. The maximum Gasteiger partial charge on any atom is 0.349 e. The number of aromatic hydroxyl groups is 1. The summed E-state index contributed by atoms with van der Waals surface area (Å²) in [7, 11) is 0. The molecule has 19 heavy (non-hydrogen) atoms. The van der Waals surface area contributed by atoms with Gasteiger partial charge in [-0.05, 0) is 31.9 Å². The summed E-state index contributed by atoms with van der Waals surface area (Å²) in [5.74, 6) is 1.01. The molecule has 0 aliphatic carbocycles.